The summed E-state index contributed by atoms with van der Waals surface area (Å²) in [5, 5.41) is 3.20. The second-order valence-corrected chi connectivity index (χ2v) is 9.24. The molecule has 166 valence electrons. The Morgan fingerprint density at radius 2 is 1.68 bits per heavy atom. The average Bonchev–Trinajstić information content (AvgIpc) is 2.81. The number of ether oxygens (including phenoxy) is 1. The first-order chi connectivity index (χ1) is 15.2. The Labute approximate surface area is 187 Å². The molecule has 1 aliphatic carbocycles. The van der Waals surface area contributed by atoms with Gasteiger partial charge in [0.25, 0.3) is 0 Å². The Morgan fingerprint density at radius 1 is 0.968 bits per heavy atom. The van der Waals surface area contributed by atoms with E-state index in [-0.39, 0.29) is 5.91 Å². The summed E-state index contributed by atoms with van der Waals surface area (Å²) in [6, 6.07) is 16.3. The van der Waals surface area contributed by atoms with E-state index >= 15 is 0 Å². The summed E-state index contributed by atoms with van der Waals surface area (Å²) in [5.74, 6) is 0.984. The van der Waals surface area contributed by atoms with Crippen molar-refractivity contribution in [1.82, 2.24) is 4.90 Å². The van der Waals surface area contributed by atoms with Crippen LogP contribution >= 0.6 is 0 Å². The van der Waals surface area contributed by atoms with Crippen LogP contribution in [0.25, 0.3) is 0 Å². The molecule has 0 aromatic heterocycles. The molecule has 1 heterocycles. The van der Waals surface area contributed by atoms with Crippen molar-refractivity contribution in [1.29, 1.82) is 0 Å². The second kappa shape index (κ2) is 10.3. The summed E-state index contributed by atoms with van der Waals surface area (Å²) >= 11 is 0. The van der Waals surface area contributed by atoms with Crippen LogP contribution in [0.3, 0.4) is 0 Å². The number of benzene rings is 2. The van der Waals surface area contributed by atoms with Gasteiger partial charge in [-0.15, -0.1) is 0 Å². The van der Waals surface area contributed by atoms with Gasteiger partial charge in [-0.3, -0.25) is 9.69 Å². The van der Waals surface area contributed by atoms with Gasteiger partial charge in [-0.1, -0.05) is 55.5 Å². The van der Waals surface area contributed by atoms with E-state index < -0.39 is 5.41 Å². The lowest BCUT2D eigenvalue weighted by Crippen LogP contribution is -2.42. The first-order valence-electron chi connectivity index (χ1n) is 12.0. The number of anilines is 1. The van der Waals surface area contributed by atoms with E-state index in [9.17, 15) is 4.79 Å². The number of nitrogens with one attached hydrogen (secondary N) is 1. The van der Waals surface area contributed by atoms with Gasteiger partial charge in [0.15, 0.2) is 0 Å². The fourth-order valence-electron chi connectivity index (χ4n) is 5.11. The number of aryl methyl sites for hydroxylation is 1. The fraction of sp³-hybridized carbons (Fsp3) is 0.519. The molecule has 2 aliphatic rings. The van der Waals surface area contributed by atoms with Crippen molar-refractivity contribution in [2.75, 3.05) is 31.6 Å². The molecule has 4 heteroatoms. The molecule has 0 atom stereocenters. The molecular weight excluding hydrogens is 384 g/mol. The topological polar surface area (TPSA) is 41.6 Å². The maximum atomic E-state index is 13.5. The van der Waals surface area contributed by atoms with E-state index in [1.54, 1.807) is 0 Å². The molecule has 0 spiro atoms. The van der Waals surface area contributed by atoms with Gasteiger partial charge in [-0.25, -0.2) is 0 Å². The molecule has 0 bridgehead atoms. The van der Waals surface area contributed by atoms with E-state index in [0.717, 1.165) is 49.2 Å². The molecule has 1 saturated carbocycles. The van der Waals surface area contributed by atoms with Gasteiger partial charge in [0, 0.05) is 12.2 Å². The van der Waals surface area contributed by atoms with Crippen LogP contribution in [0.1, 0.15) is 62.5 Å². The highest BCUT2D eigenvalue weighted by Crippen LogP contribution is 2.40. The molecule has 2 fully saturated rings. The molecule has 2 aromatic carbocycles. The largest absolute Gasteiger partial charge is 0.492 e. The van der Waals surface area contributed by atoms with Crippen molar-refractivity contribution in [2.45, 2.75) is 63.7 Å². The maximum absolute atomic E-state index is 13.5. The number of carbonyl (C=O) groups is 1. The summed E-state index contributed by atoms with van der Waals surface area (Å²) in [5.41, 5.74) is 2.78. The molecule has 1 N–H and O–H groups in total. The van der Waals surface area contributed by atoms with Gasteiger partial charge in [0.2, 0.25) is 5.91 Å². The van der Waals surface area contributed by atoms with Crippen LogP contribution in [0.4, 0.5) is 5.69 Å². The number of hydrogen-bond donors (Lipinski definition) is 1. The summed E-state index contributed by atoms with van der Waals surface area (Å²) in [7, 11) is 0. The highest BCUT2D eigenvalue weighted by Gasteiger charge is 2.41. The SMILES string of the molecule is Cc1cccc(C2(C(=O)Nc3ccc(OCCN4CCCCC4)cc3)CCCCC2)c1. The lowest BCUT2D eigenvalue weighted by Gasteiger charge is -2.36. The minimum Gasteiger partial charge on any atom is -0.492 e. The molecule has 1 aliphatic heterocycles. The summed E-state index contributed by atoms with van der Waals surface area (Å²) < 4.78 is 5.93. The third-order valence-electron chi connectivity index (χ3n) is 6.95. The van der Waals surface area contributed by atoms with Crippen molar-refractivity contribution in [3.63, 3.8) is 0 Å². The minimum atomic E-state index is -0.423. The third-order valence-corrected chi connectivity index (χ3v) is 6.95. The quantitative estimate of drug-likeness (QED) is 0.625. The fourth-order valence-corrected chi connectivity index (χ4v) is 5.11. The van der Waals surface area contributed by atoms with Crippen LogP contribution in [-0.2, 0) is 10.2 Å². The Balaban J connectivity index is 1.37. The zero-order chi connectivity index (χ0) is 21.5. The predicted octanol–water partition coefficient (Wildman–Crippen LogP) is 5.70. The van der Waals surface area contributed by atoms with Crippen LogP contribution in [-0.4, -0.2) is 37.0 Å². The first-order valence-corrected chi connectivity index (χ1v) is 12.0. The molecule has 4 nitrogen and oxygen atoms in total. The standard InChI is InChI=1S/C27H36N2O2/c1-22-9-8-10-23(21-22)27(15-4-2-5-16-27)26(30)28-24-11-13-25(14-12-24)31-20-19-29-17-6-3-7-18-29/h8-14,21H,2-7,15-20H2,1H3,(H,28,30). The second-order valence-electron chi connectivity index (χ2n) is 9.24. The van der Waals surface area contributed by atoms with E-state index in [2.05, 4.69) is 41.4 Å². The summed E-state index contributed by atoms with van der Waals surface area (Å²) in [6.07, 6.45) is 9.22. The van der Waals surface area contributed by atoms with Gasteiger partial charge >= 0.3 is 0 Å². The van der Waals surface area contributed by atoms with E-state index in [1.165, 1.54) is 44.3 Å². The smallest absolute Gasteiger partial charge is 0.235 e. The number of hydrogen-bond acceptors (Lipinski definition) is 3. The highest BCUT2D eigenvalue weighted by molar-refractivity contribution is 5.99. The Kier molecular flexibility index (Phi) is 7.29. The van der Waals surface area contributed by atoms with Crippen LogP contribution in [0, 0.1) is 6.92 Å². The molecule has 2 aromatic rings. The van der Waals surface area contributed by atoms with Gasteiger partial charge in [0.1, 0.15) is 12.4 Å². The van der Waals surface area contributed by atoms with Gasteiger partial charge < -0.3 is 10.1 Å². The van der Waals surface area contributed by atoms with E-state index in [1.807, 2.05) is 24.3 Å². The highest BCUT2D eigenvalue weighted by atomic mass is 16.5. The molecule has 4 rings (SSSR count). The van der Waals surface area contributed by atoms with Gasteiger partial charge in [-0.2, -0.15) is 0 Å². The van der Waals surface area contributed by atoms with Crippen molar-refractivity contribution in [3.8, 4) is 5.75 Å². The van der Waals surface area contributed by atoms with Gasteiger partial charge in [0.05, 0.1) is 5.41 Å². The Morgan fingerprint density at radius 3 is 2.39 bits per heavy atom. The van der Waals surface area contributed by atoms with Crippen LogP contribution in [0.5, 0.6) is 5.75 Å². The van der Waals surface area contributed by atoms with Crippen LogP contribution in [0.2, 0.25) is 0 Å². The van der Waals surface area contributed by atoms with Crippen molar-refractivity contribution >= 4 is 11.6 Å². The van der Waals surface area contributed by atoms with Crippen molar-refractivity contribution in [2.24, 2.45) is 0 Å². The molecule has 0 unspecified atom stereocenters. The monoisotopic (exact) mass is 420 g/mol. The number of carbonyl (C=O) groups excluding carboxylic acids is 1. The first kappa shape index (κ1) is 21.9. The number of piperidine rings is 1. The van der Waals surface area contributed by atoms with Crippen molar-refractivity contribution in [3.05, 3.63) is 59.7 Å². The van der Waals surface area contributed by atoms with Crippen LogP contribution in [0.15, 0.2) is 48.5 Å². The zero-order valence-electron chi connectivity index (χ0n) is 18.9. The summed E-state index contributed by atoms with van der Waals surface area (Å²) in [4.78, 5) is 16.0. The number of likely N-dealkylation sites (tertiary alicyclic amines) is 1. The molecule has 31 heavy (non-hydrogen) atoms. The lowest BCUT2D eigenvalue weighted by atomic mass is 9.68. The Bertz CT molecular complexity index is 850. The molecule has 1 amide bonds. The number of amides is 1. The number of rotatable bonds is 7. The minimum absolute atomic E-state index is 0.122. The third kappa shape index (κ3) is 5.48. The predicted molar refractivity (Wildman–Crippen MR) is 127 cm³/mol. The Hall–Kier alpha value is -2.33. The summed E-state index contributed by atoms with van der Waals surface area (Å²) in [6.45, 7) is 6.18. The zero-order valence-corrected chi connectivity index (χ0v) is 18.9. The maximum Gasteiger partial charge on any atom is 0.235 e. The molecule has 0 radical (unpaired) electrons. The van der Waals surface area contributed by atoms with Gasteiger partial charge in [-0.05, 0) is 75.5 Å². The van der Waals surface area contributed by atoms with E-state index in [4.69, 9.17) is 4.74 Å². The van der Waals surface area contributed by atoms with Crippen LogP contribution < -0.4 is 10.1 Å². The lowest BCUT2D eigenvalue weighted by molar-refractivity contribution is -0.122. The average molecular weight is 421 g/mol. The van der Waals surface area contributed by atoms with Crippen molar-refractivity contribution < 1.29 is 9.53 Å². The normalized spacial score (nSPS) is 19.0. The molecule has 1 saturated heterocycles. The van der Waals surface area contributed by atoms with E-state index in [0.29, 0.717) is 6.61 Å². The number of nitrogens with zero attached hydrogens (tertiary/aromatic N) is 1. The molecular formula is C27H36N2O2.